The van der Waals surface area contributed by atoms with E-state index in [-0.39, 0.29) is 24.5 Å². The van der Waals surface area contributed by atoms with Crippen LogP contribution >= 0.6 is 23.2 Å². The summed E-state index contributed by atoms with van der Waals surface area (Å²) in [5, 5.41) is 4.18. The molecule has 0 radical (unpaired) electrons. The standard InChI is InChI=1S/C19H20Cl2N4O/c1-12(15-7-6-14(20)10-16(15)21)24-19(22)23-11-18(26)25-9-8-13-4-2-3-5-17(13)25/h2-7,10,12H,8-9,11H2,1H3,(H3,22,23,24). The van der Waals surface area contributed by atoms with E-state index in [9.17, 15) is 4.79 Å². The summed E-state index contributed by atoms with van der Waals surface area (Å²) in [5.41, 5.74) is 8.93. The molecule has 0 aliphatic carbocycles. The molecule has 2 aromatic carbocycles. The van der Waals surface area contributed by atoms with Gasteiger partial charge in [-0.2, -0.15) is 0 Å². The molecule has 26 heavy (non-hydrogen) atoms. The Kier molecular flexibility index (Phi) is 5.69. The summed E-state index contributed by atoms with van der Waals surface area (Å²) in [6, 6.07) is 13.0. The second-order valence-corrected chi connectivity index (χ2v) is 7.00. The van der Waals surface area contributed by atoms with Gasteiger partial charge in [-0.3, -0.25) is 4.79 Å². The Balaban J connectivity index is 1.61. The monoisotopic (exact) mass is 390 g/mol. The van der Waals surface area contributed by atoms with Crippen molar-refractivity contribution in [1.29, 1.82) is 0 Å². The number of para-hydroxylation sites is 1. The third kappa shape index (κ3) is 4.11. The highest BCUT2D eigenvalue weighted by Gasteiger charge is 2.23. The number of anilines is 1. The molecular formula is C19H20Cl2N4O. The molecule has 3 N–H and O–H groups in total. The van der Waals surface area contributed by atoms with Crippen LogP contribution in [0, 0.1) is 0 Å². The van der Waals surface area contributed by atoms with Crippen LogP contribution in [0.3, 0.4) is 0 Å². The topological polar surface area (TPSA) is 70.7 Å². The smallest absolute Gasteiger partial charge is 0.248 e. The molecule has 0 bridgehead atoms. The zero-order valence-electron chi connectivity index (χ0n) is 14.4. The van der Waals surface area contributed by atoms with Gasteiger partial charge in [0.05, 0.1) is 6.04 Å². The summed E-state index contributed by atoms with van der Waals surface area (Å²) in [7, 11) is 0. The Hall–Kier alpha value is -2.24. The molecule has 7 heteroatoms. The average molecular weight is 391 g/mol. The van der Waals surface area contributed by atoms with Gasteiger partial charge >= 0.3 is 0 Å². The fraction of sp³-hybridized carbons (Fsp3) is 0.263. The number of nitrogens with two attached hydrogens (primary N) is 1. The lowest BCUT2D eigenvalue weighted by Crippen LogP contribution is -2.36. The van der Waals surface area contributed by atoms with Crippen molar-refractivity contribution in [3.8, 4) is 0 Å². The van der Waals surface area contributed by atoms with E-state index in [1.807, 2.05) is 37.3 Å². The molecule has 5 nitrogen and oxygen atoms in total. The number of amides is 1. The first kappa shape index (κ1) is 18.5. The first-order chi connectivity index (χ1) is 12.5. The molecule has 0 aromatic heterocycles. The largest absolute Gasteiger partial charge is 0.370 e. The number of fused-ring (bicyclic) bond motifs is 1. The van der Waals surface area contributed by atoms with Gasteiger partial charge in [0.2, 0.25) is 5.91 Å². The van der Waals surface area contributed by atoms with Crippen molar-refractivity contribution in [3.05, 3.63) is 63.6 Å². The SMILES string of the molecule is CC(NC(N)=NCC(=O)N1CCc2ccccc21)c1ccc(Cl)cc1Cl. The molecule has 0 saturated carbocycles. The van der Waals surface area contributed by atoms with Crippen LogP contribution < -0.4 is 16.0 Å². The number of hydrogen-bond donors (Lipinski definition) is 2. The normalized spacial score (nSPS) is 14.9. The van der Waals surface area contributed by atoms with Crippen molar-refractivity contribution in [1.82, 2.24) is 5.32 Å². The summed E-state index contributed by atoms with van der Waals surface area (Å²) in [6.45, 7) is 2.59. The number of halogens is 2. The minimum atomic E-state index is -0.161. The molecule has 1 amide bonds. The number of nitrogens with zero attached hydrogens (tertiary/aromatic N) is 2. The van der Waals surface area contributed by atoms with E-state index in [0.29, 0.717) is 16.6 Å². The highest BCUT2D eigenvalue weighted by Crippen LogP contribution is 2.27. The molecule has 3 rings (SSSR count). The number of rotatable bonds is 4. The lowest BCUT2D eigenvalue weighted by molar-refractivity contribution is -0.117. The van der Waals surface area contributed by atoms with E-state index in [1.54, 1.807) is 17.0 Å². The van der Waals surface area contributed by atoms with Crippen LogP contribution in [0.2, 0.25) is 10.0 Å². The molecule has 1 aliphatic rings. The van der Waals surface area contributed by atoms with Crippen molar-refractivity contribution in [2.24, 2.45) is 10.7 Å². The van der Waals surface area contributed by atoms with Crippen LogP contribution in [0.25, 0.3) is 0 Å². The Bertz CT molecular complexity index is 853. The Labute approximate surface area is 162 Å². The van der Waals surface area contributed by atoms with Crippen molar-refractivity contribution >= 4 is 40.8 Å². The summed E-state index contributed by atoms with van der Waals surface area (Å²) in [5.74, 6) is 0.126. The highest BCUT2D eigenvalue weighted by atomic mass is 35.5. The van der Waals surface area contributed by atoms with E-state index in [2.05, 4.69) is 10.3 Å². The highest BCUT2D eigenvalue weighted by molar-refractivity contribution is 6.35. The molecule has 1 unspecified atom stereocenters. The van der Waals surface area contributed by atoms with Crippen LogP contribution in [0.1, 0.15) is 24.1 Å². The second-order valence-electron chi connectivity index (χ2n) is 6.16. The van der Waals surface area contributed by atoms with Gasteiger partial charge in [0.25, 0.3) is 0 Å². The molecule has 1 heterocycles. The summed E-state index contributed by atoms with van der Waals surface area (Å²) in [4.78, 5) is 18.4. The van der Waals surface area contributed by atoms with Gasteiger partial charge in [0.15, 0.2) is 5.96 Å². The van der Waals surface area contributed by atoms with Crippen molar-refractivity contribution in [2.75, 3.05) is 18.0 Å². The van der Waals surface area contributed by atoms with Crippen LogP contribution in [0.5, 0.6) is 0 Å². The molecular weight excluding hydrogens is 371 g/mol. The van der Waals surface area contributed by atoms with Gasteiger partial charge in [-0.1, -0.05) is 47.5 Å². The van der Waals surface area contributed by atoms with Gasteiger partial charge in [-0.15, -0.1) is 0 Å². The Morgan fingerprint density at radius 1 is 1.31 bits per heavy atom. The van der Waals surface area contributed by atoms with Crippen molar-refractivity contribution in [3.63, 3.8) is 0 Å². The summed E-state index contributed by atoms with van der Waals surface area (Å²) >= 11 is 12.1. The zero-order valence-corrected chi connectivity index (χ0v) is 15.9. The number of benzene rings is 2. The minimum absolute atomic E-state index is 0.00572. The lowest BCUT2D eigenvalue weighted by Gasteiger charge is -2.18. The second kappa shape index (κ2) is 7.98. The molecule has 2 aromatic rings. The molecule has 0 spiro atoms. The number of nitrogens with one attached hydrogen (secondary N) is 1. The van der Waals surface area contributed by atoms with E-state index in [0.717, 1.165) is 17.7 Å². The van der Waals surface area contributed by atoms with Crippen LogP contribution in [0.15, 0.2) is 47.5 Å². The quantitative estimate of drug-likeness (QED) is 0.619. The Morgan fingerprint density at radius 2 is 2.08 bits per heavy atom. The number of aliphatic imine (C=N–C) groups is 1. The lowest BCUT2D eigenvalue weighted by atomic mass is 10.1. The van der Waals surface area contributed by atoms with Crippen LogP contribution in [-0.4, -0.2) is 25.0 Å². The summed E-state index contributed by atoms with van der Waals surface area (Å²) < 4.78 is 0. The molecule has 1 atom stereocenters. The fourth-order valence-electron chi connectivity index (χ4n) is 3.03. The number of carbonyl (C=O) groups is 1. The average Bonchev–Trinajstić information content (AvgIpc) is 3.03. The van der Waals surface area contributed by atoms with Gasteiger partial charge in [0, 0.05) is 22.3 Å². The predicted molar refractivity (Wildman–Crippen MR) is 107 cm³/mol. The maximum atomic E-state index is 12.5. The van der Waals surface area contributed by atoms with E-state index >= 15 is 0 Å². The van der Waals surface area contributed by atoms with Crippen LogP contribution in [0.4, 0.5) is 5.69 Å². The number of hydrogen-bond acceptors (Lipinski definition) is 2. The maximum Gasteiger partial charge on any atom is 0.248 e. The Morgan fingerprint density at radius 3 is 2.85 bits per heavy atom. The van der Waals surface area contributed by atoms with Crippen LogP contribution in [-0.2, 0) is 11.2 Å². The van der Waals surface area contributed by atoms with Gasteiger partial charge in [-0.05, 0) is 42.7 Å². The van der Waals surface area contributed by atoms with Gasteiger partial charge < -0.3 is 16.0 Å². The molecule has 1 aliphatic heterocycles. The maximum absolute atomic E-state index is 12.5. The third-order valence-electron chi connectivity index (χ3n) is 4.37. The first-order valence-electron chi connectivity index (χ1n) is 8.35. The summed E-state index contributed by atoms with van der Waals surface area (Å²) in [6.07, 6.45) is 0.867. The van der Waals surface area contributed by atoms with Gasteiger partial charge in [0.1, 0.15) is 6.54 Å². The van der Waals surface area contributed by atoms with E-state index < -0.39 is 0 Å². The minimum Gasteiger partial charge on any atom is -0.370 e. The number of guanidine groups is 1. The molecule has 0 saturated heterocycles. The van der Waals surface area contributed by atoms with Crippen molar-refractivity contribution in [2.45, 2.75) is 19.4 Å². The van der Waals surface area contributed by atoms with Crippen molar-refractivity contribution < 1.29 is 4.79 Å². The van der Waals surface area contributed by atoms with E-state index in [1.165, 1.54) is 5.56 Å². The zero-order chi connectivity index (χ0) is 18.7. The van der Waals surface area contributed by atoms with Gasteiger partial charge in [-0.25, -0.2) is 4.99 Å². The molecule has 136 valence electrons. The predicted octanol–water partition coefficient (Wildman–Crippen LogP) is 3.55. The molecule has 0 fully saturated rings. The fourth-order valence-corrected chi connectivity index (χ4v) is 3.61. The number of carbonyl (C=O) groups excluding carboxylic acids is 1. The van der Waals surface area contributed by atoms with E-state index in [4.69, 9.17) is 28.9 Å². The first-order valence-corrected chi connectivity index (χ1v) is 9.11. The third-order valence-corrected chi connectivity index (χ3v) is 4.93.